The summed E-state index contributed by atoms with van der Waals surface area (Å²) in [5.41, 5.74) is 0. The van der Waals surface area contributed by atoms with E-state index >= 15 is 0 Å². The SMILES string of the molecule is N.O.O=P([O-])([O-])[O-].[Mg+2].[Na+]. The molecule has 0 bridgehead atoms. The van der Waals surface area contributed by atoms with Crippen molar-refractivity contribution in [2.45, 2.75) is 0 Å². The summed E-state index contributed by atoms with van der Waals surface area (Å²) in [6, 6.07) is 0. The van der Waals surface area contributed by atoms with Gasteiger partial charge in [-0.25, -0.2) is 0 Å². The van der Waals surface area contributed by atoms with E-state index in [4.69, 9.17) is 19.2 Å². The molecule has 0 atom stereocenters. The fourth-order valence-electron chi connectivity index (χ4n) is 0. The van der Waals surface area contributed by atoms with E-state index in [1.165, 1.54) is 0 Å². The molecule has 9 heteroatoms. The van der Waals surface area contributed by atoms with Gasteiger partial charge in [0.05, 0.1) is 0 Å². The molecule has 0 aliphatic heterocycles. The van der Waals surface area contributed by atoms with Crippen LogP contribution in [0.4, 0.5) is 0 Å². The molecule has 0 radical (unpaired) electrons. The molecule has 0 spiro atoms. The van der Waals surface area contributed by atoms with Crippen LogP contribution in [-0.4, -0.2) is 28.5 Å². The molecule has 48 valence electrons. The molecular weight excluding hydrogens is 172 g/mol. The molecule has 0 amide bonds. The molecule has 0 aliphatic rings. The van der Waals surface area contributed by atoms with Crippen molar-refractivity contribution in [2.75, 3.05) is 0 Å². The molecule has 0 unspecified atom stereocenters. The van der Waals surface area contributed by atoms with E-state index in [1.807, 2.05) is 0 Å². The molecule has 0 aromatic heterocycles. The van der Waals surface area contributed by atoms with Gasteiger partial charge in [0, 0.05) is 0 Å². The van der Waals surface area contributed by atoms with Crippen LogP contribution in [0.5, 0.6) is 0 Å². The normalized spacial score (nSPS) is 6.56. The monoisotopic (exact) mass is 177 g/mol. The third-order valence-corrected chi connectivity index (χ3v) is 0. The molecule has 6 nitrogen and oxygen atoms in total. The average Bonchev–Trinajstić information content (AvgIpc) is 0.722. The maximum atomic E-state index is 8.55. The Kier molecular flexibility index (Phi) is 42.7. The van der Waals surface area contributed by atoms with Gasteiger partial charge in [-0.2, -0.15) is 7.82 Å². The molecule has 5 N–H and O–H groups in total. The van der Waals surface area contributed by atoms with Crippen LogP contribution in [0.1, 0.15) is 0 Å². The quantitative estimate of drug-likeness (QED) is 0.288. The van der Waals surface area contributed by atoms with Crippen molar-refractivity contribution in [1.29, 1.82) is 0 Å². The fourth-order valence-corrected chi connectivity index (χ4v) is 0. The summed E-state index contributed by atoms with van der Waals surface area (Å²) in [7, 11) is -5.39. The Bertz CT molecular complexity index is 63.1. The van der Waals surface area contributed by atoms with Gasteiger partial charge in [-0.15, -0.1) is 0 Å². The van der Waals surface area contributed by atoms with Crippen molar-refractivity contribution in [3.8, 4) is 0 Å². The molecular formula is H5MgNNaO5P. The molecule has 0 aliphatic carbocycles. The van der Waals surface area contributed by atoms with Crippen LogP contribution < -0.4 is 50.4 Å². The zero-order chi connectivity index (χ0) is 4.50. The standard InChI is InChI=1S/Mg.H3N.Na.H3O4P.H2O/c;;;1-5(2,3)4;/h;1H3;;(H3,1,2,3,4);1H2/q+2;;+1;;/p-3. The summed E-state index contributed by atoms with van der Waals surface area (Å²) < 4.78 is 8.55. The number of phosphoric acid groups is 1. The van der Waals surface area contributed by atoms with Crippen molar-refractivity contribution >= 4 is 30.9 Å². The van der Waals surface area contributed by atoms with Crippen molar-refractivity contribution in [1.82, 2.24) is 6.15 Å². The Morgan fingerprint density at radius 1 is 1.11 bits per heavy atom. The van der Waals surface area contributed by atoms with Crippen molar-refractivity contribution < 1.29 is 54.3 Å². The number of hydrogen-bond donors (Lipinski definition) is 1. The zero-order valence-electron chi connectivity index (χ0n) is 4.99. The third kappa shape index (κ3) is 185. The first-order valence-corrected chi connectivity index (χ1v) is 2.19. The van der Waals surface area contributed by atoms with Gasteiger partial charge in [0.15, 0.2) is 0 Å². The molecule has 9 heavy (non-hydrogen) atoms. The van der Waals surface area contributed by atoms with E-state index in [0.29, 0.717) is 0 Å². The van der Waals surface area contributed by atoms with Gasteiger partial charge in [0.1, 0.15) is 0 Å². The Hall–Kier alpha value is 1.80. The molecule has 0 saturated carbocycles. The molecule has 0 rings (SSSR count). The first-order valence-electron chi connectivity index (χ1n) is 0.730. The second kappa shape index (κ2) is 12.5. The van der Waals surface area contributed by atoms with Crippen LogP contribution >= 0.6 is 7.82 Å². The predicted octanol–water partition coefficient (Wildman–Crippen LogP) is -6.86. The van der Waals surface area contributed by atoms with E-state index in [9.17, 15) is 0 Å². The molecule has 0 fully saturated rings. The second-order valence-electron chi connectivity index (χ2n) is 0.447. The van der Waals surface area contributed by atoms with E-state index in [1.54, 1.807) is 0 Å². The summed E-state index contributed by atoms with van der Waals surface area (Å²) in [6.45, 7) is 0. The second-order valence-corrected chi connectivity index (χ2v) is 1.34. The molecule has 0 saturated heterocycles. The van der Waals surface area contributed by atoms with E-state index in [0.717, 1.165) is 0 Å². The minimum absolute atomic E-state index is 0. The predicted molar refractivity (Wildman–Crippen MR) is 22.0 cm³/mol. The summed E-state index contributed by atoms with van der Waals surface area (Å²) in [5, 5.41) is 0. The van der Waals surface area contributed by atoms with E-state index in [-0.39, 0.29) is 64.2 Å². The van der Waals surface area contributed by atoms with E-state index < -0.39 is 7.82 Å². The smallest absolute Gasteiger partial charge is 0.822 e. The number of hydrogen-bond acceptors (Lipinski definition) is 5. The Balaban J connectivity index is -0.0000000133. The van der Waals surface area contributed by atoms with Crippen LogP contribution in [0.3, 0.4) is 0 Å². The number of rotatable bonds is 0. The average molecular weight is 177 g/mol. The summed E-state index contributed by atoms with van der Waals surface area (Å²) in [4.78, 5) is 25.6. The van der Waals surface area contributed by atoms with Gasteiger partial charge in [0.2, 0.25) is 0 Å². The maximum absolute atomic E-state index is 8.55. The van der Waals surface area contributed by atoms with Gasteiger partial charge in [-0.1, -0.05) is 0 Å². The van der Waals surface area contributed by atoms with Crippen LogP contribution in [0.2, 0.25) is 0 Å². The Labute approximate surface area is 90.6 Å². The fraction of sp³-hybridized carbons (Fsp3) is 0. The molecule has 0 aromatic rings. The van der Waals surface area contributed by atoms with Gasteiger partial charge in [-0.3, -0.25) is 0 Å². The maximum Gasteiger partial charge on any atom is 2.00 e. The minimum Gasteiger partial charge on any atom is -0.822 e. The summed E-state index contributed by atoms with van der Waals surface area (Å²) in [5.74, 6) is 0. The first-order chi connectivity index (χ1) is 2.00. The Morgan fingerprint density at radius 3 is 1.11 bits per heavy atom. The minimum atomic E-state index is -5.39. The molecule has 0 aromatic carbocycles. The van der Waals surface area contributed by atoms with Crippen LogP contribution in [0.25, 0.3) is 0 Å². The van der Waals surface area contributed by atoms with Gasteiger partial charge >= 0.3 is 52.6 Å². The third-order valence-electron chi connectivity index (χ3n) is 0. The van der Waals surface area contributed by atoms with Crippen molar-refractivity contribution in [3.63, 3.8) is 0 Å². The zero-order valence-corrected chi connectivity index (χ0v) is 9.30. The van der Waals surface area contributed by atoms with Gasteiger partial charge < -0.3 is 30.9 Å². The van der Waals surface area contributed by atoms with E-state index in [2.05, 4.69) is 0 Å². The van der Waals surface area contributed by atoms with Crippen LogP contribution in [0, 0.1) is 0 Å². The van der Waals surface area contributed by atoms with Crippen LogP contribution in [-0.2, 0) is 4.57 Å². The largest absolute Gasteiger partial charge is 2.00 e. The van der Waals surface area contributed by atoms with Gasteiger partial charge in [-0.05, 0) is 0 Å². The Morgan fingerprint density at radius 2 is 1.11 bits per heavy atom. The van der Waals surface area contributed by atoms with Gasteiger partial charge in [0.25, 0.3) is 0 Å². The summed E-state index contributed by atoms with van der Waals surface area (Å²) >= 11 is 0. The summed E-state index contributed by atoms with van der Waals surface area (Å²) in [6.07, 6.45) is 0. The first kappa shape index (κ1) is 30.8. The van der Waals surface area contributed by atoms with Crippen molar-refractivity contribution in [2.24, 2.45) is 0 Å². The van der Waals surface area contributed by atoms with Crippen LogP contribution in [0.15, 0.2) is 0 Å². The molecule has 0 heterocycles. The topological polar surface area (TPSA) is 153 Å². The van der Waals surface area contributed by atoms with Crippen molar-refractivity contribution in [3.05, 3.63) is 0 Å².